The van der Waals surface area contributed by atoms with Crippen LogP contribution >= 0.6 is 0 Å². The summed E-state index contributed by atoms with van der Waals surface area (Å²) in [7, 11) is 0. The molecule has 6 heteroatoms. The zero-order chi connectivity index (χ0) is 23.4. The first-order valence-electron chi connectivity index (χ1n) is 11.9. The highest BCUT2D eigenvalue weighted by molar-refractivity contribution is 5.92. The maximum Gasteiger partial charge on any atom is 0.355 e. The minimum atomic E-state index is 0.000329. The molecule has 0 radical (unpaired) electrons. The van der Waals surface area contributed by atoms with E-state index >= 15 is 0 Å². The molecule has 1 saturated carbocycles. The van der Waals surface area contributed by atoms with Gasteiger partial charge in [-0.1, -0.05) is 36.3 Å². The van der Waals surface area contributed by atoms with Gasteiger partial charge in [0, 0.05) is 12.1 Å². The maximum absolute atomic E-state index is 12.6. The number of hydrogen-bond acceptors (Lipinski definition) is 4. The number of fused-ring (bicyclic) bond motifs is 1. The molecule has 0 saturated heterocycles. The van der Waals surface area contributed by atoms with Crippen molar-refractivity contribution in [1.82, 2.24) is 14.5 Å². The number of carbonyl (C=O) groups is 1. The average molecular weight is 445 g/mol. The fourth-order valence-electron chi connectivity index (χ4n) is 4.16. The number of allylic oxidation sites excluding steroid dienone is 3. The minimum Gasteiger partial charge on any atom is -0.341 e. The van der Waals surface area contributed by atoms with Gasteiger partial charge in [0.2, 0.25) is 5.91 Å². The Morgan fingerprint density at radius 3 is 2.88 bits per heavy atom. The Morgan fingerprint density at radius 2 is 2.15 bits per heavy atom. The lowest BCUT2D eigenvalue weighted by molar-refractivity contribution is -0.115. The van der Waals surface area contributed by atoms with Gasteiger partial charge in [-0.05, 0) is 74.7 Å². The second kappa shape index (κ2) is 10.1. The second-order valence-electron chi connectivity index (χ2n) is 9.13. The summed E-state index contributed by atoms with van der Waals surface area (Å²) in [4.78, 5) is 21.7. The van der Waals surface area contributed by atoms with Crippen molar-refractivity contribution in [3.05, 3.63) is 70.2 Å². The van der Waals surface area contributed by atoms with Crippen LogP contribution in [0.4, 0.5) is 11.5 Å². The molecule has 1 amide bonds. The molecule has 172 valence electrons. The highest BCUT2D eigenvalue weighted by Gasteiger charge is 2.18. The first-order valence-corrected chi connectivity index (χ1v) is 11.9. The molecule has 2 aliphatic rings. The van der Waals surface area contributed by atoms with Gasteiger partial charge in [0.15, 0.2) is 5.35 Å². The van der Waals surface area contributed by atoms with Crippen LogP contribution in [0, 0.1) is 12.8 Å². The Bertz CT molecular complexity index is 1220. The van der Waals surface area contributed by atoms with E-state index in [9.17, 15) is 4.79 Å². The summed E-state index contributed by atoms with van der Waals surface area (Å²) in [5.41, 5.74) is 5.06. The lowest BCUT2D eigenvalue weighted by Gasteiger charge is -2.20. The van der Waals surface area contributed by atoms with Crippen LogP contribution in [-0.2, 0) is 4.79 Å². The van der Waals surface area contributed by atoms with Crippen LogP contribution in [0.25, 0.3) is 6.20 Å². The van der Waals surface area contributed by atoms with Crippen LogP contribution < -0.4 is 26.0 Å². The number of benzene rings is 1. The highest BCUT2D eigenvalue weighted by Crippen LogP contribution is 2.27. The number of nitrogens with one attached hydrogen (secondary N) is 2. The van der Waals surface area contributed by atoms with E-state index in [0.29, 0.717) is 6.42 Å². The molecule has 1 aromatic carbocycles. The minimum absolute atomic E-state index is 0.000329. The number of hydrogen-bond donors (Lipinski definition) is 2. The van der Waals surface area contributed by atoms with Crippen molar-refractivity contribution in [2.45, 2.75) is 59.4 Å². The average Bonchev–Trinajstić information content (AvgIpc) is 2.73. The summed E-state index contributed by atoms with van der Waals surface area (Å²) < 4.78 is 2.08. The third-order valence-corrected chi connectivity index (χ3v) is 6.42. The van der Waals surface area contributed by atoms with Crippen LogP contribution in [-0.4, -0.2) is 22.4 Å². The van der Waals surface area contributed by atoms with Crippen LogP contribution in [0.1, 0.15) is 63.6 Å². The molecule has 2 aromatic rings. The molecule has 6 nitrogen and oxygen atoms in total. The fraction of sp³-hybridized carbons (Fsp3) is 0.407. The van der Waals surface area contributed by atoms with Gasteiger partial charge in [-0.3, -0.25) is 4.79 Å². The molecule has 4 rings (SSSR count). The van der Waals surface area contributed by atoms with E-state index in [1.165, 1.54) is 19.3 Å². The quantitative estimate of drug-likeness (QED) is 0.455. The van der Waals surface area contributed by atoms with Gasteiger partial charge in [0.05, 0.1) is 18.8 Å². The zero-order valence-electron chi connectivity index (χ0n) is 20.1. The normalized spacial score (nSPS) is 16.5. The standard InChI is InChI=1S/C27H33N5O/c1-5-32-17-24-27(32)31-25(16-28-24)29-20(4)23-15-22(13-12-19(23)3)30-26(33)14-18(2)8-6-9-21-10-7-11-21/h6,8-9,12-13,15-17,20-21H,5,7,10-11,14H2,1-4H3,(H,30,33)/p+1/b9-6?,18-8+. The predicted molar refractivity (Wildman–Crippen MR) is 134 cm³/mol. The molecule has 0 bridgehead atoms. The Morgan fingerprint density at radius 1 is 1.33 bits per heavy atom. The number of rotatable bonds is 9. The topological polar surface area (TPSA) is 69.9 Å². The highest BCUT2D eigenvalue weighted by atomic mass is 16.1. The first kappa shape index (κ1) is 22.9. The molecule has 2 heterocycles. The molecule has 1 atom stereocenters. The van der Waals surface area contributed by atoms with Crippen LogP contribution in [0.3, 0.4) is 0 Å². The third kappa shape index (κ3) is 5.56. The van der Waals surface area contributed by atoms with E-state index in [2.05, 4.69) is 59.2 Å². The number of aromatic nitrogens is 2. The second-order valence-corrected chi connectivity index (χ2v) is 9.13. The molecule has 1 unspecified atom stereocenters. The summed E-state index contributed by atoms with van der Waals surface area (Å²) in [5.74, 6) is 1.48. The monoisotopic (exact) mass is 444 g/mol. The maximum atomic E-state index is 12.6. The van der Waals surface area contributed by atoms with E-state index in [-0.39, 0.29) is 11.9 Å². The van der Waals surface area contributed by atoms with Gasteiger partial charge in [-0.2, -0.15) is 0 Å². The molecular formula is C27H34N5O+. The lowest BCUT2D eigenvalue weighted by Crippen LogP contribution is -2.51. The molecule has 1 aliphatic heterocycles. The van der Waals surface area contributed by atoms with E-state index in [1.807, 2.05) is 31.3 Å². The molecule has 1 fully saturated rings. The SMILES string of the molecule is CC[N+]1=c2nc(NC(C)c3cc(NC(=O)C/C(C)=C/C=CC4CCC4)ccc3C)cnc2=C1. The summed E-state index contributed by atoms with van der Waals surface area (Å²) in [6.45, 7) is 9.16. The zero-order valence-corrected chi connectivity index (χ0v) is 20.1. The molecule has 2 N–H and O–H groups in total. The first-order chi connectivity index (χ1) is 15.9. The van der Waals surface area contributed by atoms with Gasteiger partial charge in [0.1, 0.15) is 6.20 Å². The van der Waals surface area contributed by atoms with Gasteiger partial charge < -0.3 is 10.6 Å². The predicted octanol–water partition coefficient (Wildman–Crippen LogP) is 3.85. The van der Waals surface area contributed by atoms with Crippen molar-refractivity contribution in [2.24, 2.45) is 5.92 Å². The molecular weight excluding hydrogens is 410 g/mol. The van der Waals surface area contributed by atoms with Crippen molar-refractivity contribution in [3.63, 3.8) is 0 Å². The van der Waals surface area contributed by atoms with Crippen molar-refractivity contribution in [2.75, 3.05) is 17.2 Å². The Hall–Kier alpha value is -3.28. The van der Waals surface area contributed by atoms with E-state index in [1.54, 1.807) is 6.20 Å². The fourth-order valence-corrected chi connectivity index (χ4v) is 4.16. The smallest absolute Gasteiger partial charge is 0.341 e. The summed E-state index contributed by atoms with van der Waals surface area (Å²) in [6, 6.07) is 6.07. The van der Waals surface area contributed by atoms with E-state index in [0.717, 1.165) is 51.5 Å². The molecule has 1 aromatic heterocycles. The van der Waals surface area contributed by atoms with Crippen molar-refractivity contribution >= 4 is 23.6 Å². The number of amides is 1. The number of nitrogens with zero attached hydrogens (tertiary/aromatic N) is 3. The number of carbonyl (C=O) groups excluding carboxylic acids is 1. The number of anilines is 2. The van der Waals surface area contributed by atoms with Crippen molar-refractivity contribution in [1.29, 1.82) is 0 Å². The van der Waals surface area contributed by atoms with Crippen molar-refractivity contribution < 1.29 is 4.79 Å². The Kier molecular flexibility index (Phi) is 7.02. The van der Waals surface area contributed by atoms with Crippen molar-refractivity contribution in [3.8, 4) is 0 Å². The van der Waals surface area contributed by atoms with E-state index in [4.69, 9.17) is 4.98 Å². The van der Waals surface area contributed by atoms with Gasteiger partial charge in [-0.15, -0.1) is 0 Å². The third-order valence-electron chi connectivity index (χ3n) is 6.42. The van der Waals surface area contributed by atoms with Crippen LogP contribution in [0.15, 0.2) is 48.2 Å². The molecule has 0 spiro atoms. The molecule has 33 heavy (non-hydrogen) atoms. The lowest BCUT2D eigenvalue weighted by atomic mass is 9.85. The Labute approximate surface area is 195 Å². The van der Waals surface area contributed by atoms with E-state index < -0.39 is 0 Å². The largest absolute Gasteiger partial charge is 0.355 e. The Balaban J connectivity index is 1.39. The summed E-state index contributed by atoms with van der Waals surface area (Å²) in [6.07, 6.45) is 14.5. The summed E-state index contributed by atoms with van der Waals surface area (Å²) >= 11 is 0. The summed E-state index contributed by atoms with van der Waals surface area (Å²) in [5, 5.41) is 7.44. The van der Waals surface area contributed by atoms with Gasteiger partial charge in [0.25, 0.3) is 5.82 Å². The number of aryl methyl sites for hydroxylation is 1. The van der Waals surface area contributed by atoms with Gasteiger partial charge >= 0.3 is 5.49 Å². The van der Waals surface area contributed by atoms with Crippen LogP contribution in [0.2, 0.25) is 0 Å². The van der Waals surface area contributed by atoms with Gasteiger partial charge in [-0.25, -0.2) is 9.56 Å². The van der Waals surface area contributed by atoms with Crippen LogP contribution in [0.5, 0.6) is 0 Å². The molecule has 1 aliphatic carbocycles.